The van der Waals surface area contributed by atoms with E-state index in [0.717, 1.165) is 0 Å². The maximum Gasteiger partial charge on any atom is 0.126 e. The molecule has 3 rings (SSSR count). The van der Waals surface area contributed by atoms with Crippen molar-refractivity contribution in [1.29, 1.82) is 0 Å². The zero-order valence-electron chi connectivity index (χ0n) is 17.3. The van der Waals surface area contributed by atoms with E-state index < -0.39 is 16.1 Å². The van der Waals surface area contributed by atoms with Crippen LogP contribution in [0.25, 0.3) is 0 Å². The quantitative estimate of drug-likeness (QED) is 0.359. The summed E-state index contributed by atoms with van der Waals surface area (Å²) in [4.78, 5) is 0. The minimum absolute atomic E-state index is 0. The van der Waals surface area contributed by atoms with E-state index in [9.17, 15) is 0 Å². The van der Waals surface area contributed by atoms with Gasteiger partial charge >= 0.3 is 0 Å². The maximum atomic E-state index is 6.61. The molecule has 3 aliphatic rings. The Balaban J connectivity index is 0.000000711. The van der Waals surface area contributed by atoms with Gasteiger partial charge in [0.05, 0.1) is 13.5 Å². The van der Waals surface area contributed by atoms with Gasteiger partial charge in [-0.3, -0.25) is 0 Å². The van der Waals surface area contributed by atoms with E-state index in [1.54, 1.807) is 10.8 Å². The van der Waals surface area contributed by atoms with Crippen LogP contribution >= 0.6 is 0 Å². The molecule has 2 aliphatic carbocycles. The summed E-state index contributed by atoms with van der Waals surface area (Å²) in [5.41, 5.74) is 1.58. The Kier molecular flexibility index (Phi) is 8.96. The average molecular weight is 420 g/mol. The van der Waals surface area contributed by atoms with Gasteiger partial charge in [0.15, 0.2) is 0 Å². The van der Waals surface area contributed by atoms with Crippen LogP contribution in [-0.2, 0) is 21.5 Å². The van der Waals surface area contributed by atoms with Gasteiger partial charge in [-0.2, -0.15) is 0 Å². The van der Waals surface area contributed by atoms with Gasteiger partial charge in [-0.15, -0.1) is 0 Å². The van der Waals surface area contributed by atoms with Crippen molar-refractivity contribution >= 4 is 16.1 Å². The average Bonchev–Trinajstić information content (AvgIpc) is 3.06. The summed E-state index contributed by atoms with van der Waals surface area (Å²) in [6, 6.07) is 0. The van der Waals surface area contributed by atoms with Crippen molar-refractivity contribution in [1.82, 2.24) is 0 Å². The standard InChI is InChI=1S/C15H28OSi2.C5H5.CH3.Co/c1-15-10-8-9-12(15)11-13(17(2,3)4)14(16-15)18(5,6)7;1-2-4-5-3-1;;/h11H,8-10H2,1-7H3;1-5H;1H3;/q;;-1;/t15-;;;/m0.../s1. The van der Waals surface area contributed by atoms with Crippen LogP contribution in [0.4, 0.5) is 0 Å². The normalized spacial score (nSPS) is 24.4. The minimum atomic E-state index is -1.39. The van der Waals surface area contributed by atoms with Crippen molar-refractivity contribution in [3.05, 3.63) is 60.4 Å². The molecule has 0 bridgehead atoms. The van der Waals surface area contributed by atoms with E-state index in [2.05, 4.69) is 52.3 Å². The number of fused-ring (bicyclic) bond motifs is 1. The molecular weight excluding hydrogens is 383 g/mol. The van der Waals surface area contributed by atoms with Gasteiger partial charge in [0.25, 0.3) is 0 Å². The van der Waals surface area contributed by atoms with Crippen LogP contribution in [0, 0.1) is 13.8 Å². The van der Waals surface area contributed by atoms with E-state index in [-0.39, 0.29) is 29.8 Å². The van der Waals surface area contributed by atoms with Gasteiger partial charge in [-0.05, 0) is 37.0 Å². The summed E-state index contributed by atoms with van der Waals surface area (Å²) in [6.45, 7) is 16.9. The van der Waals surface area contributed by atoms with Gasteiger partial charge in [0.2, 0.25) is 0 Å². The molecule has 0 amide bonds. The number of allylic oxidation sites excluding steroid dienone is 6. The molecular formula is C21H36CoOSi2-. The molecule has 1 fully saturated rings. The second-order valence-electron chi connectivity index (χ2n) is 9.06. The van der Waals surface area contributed by atoms with Gasteiger partial charge in [-0.1, -0.05) is 69.7 Å². The second-order valence-corrected chi connectivity index (χ2v) is 19.1. The third-order valence-electron chi connectivity index (χ3n) is 4.71. The molecule has 1 nitrogen and oxygen atoms in total. The van der Waals surface area contributed by atoms with Crippen LogP contribution in [0.15, 0.2) is 46.5 Å². The van der Waals surface area contributed by atoms with E-state index in [1.807, 2.05) is 30.7 Å². The SMILES string of the molecule is C[C@]12CCCC1=CC([Si](C)(C)C)=C([Si](C)(C)C)O2.[CH3-].[CH]1C=CC=C1.[Co]. The van der Waals surface area contributed by atoms with E-state index in [0.29, 0.717) is 0 Å². The summed E-state index contributed by atoms with van der Waals surface area (Å²) < 4.78 is 6.61. The molecule has 0 aromatic heterocycles. The first-order chi connectivity index (χ1) is 10.5. The van der Waals surface area contributed by atoms with Crippen molar-refractivity contribution < 1.29 is 21.5 Å². The number of hydrogen-bond acceptors (Lipinski definition) is 1. The van der Waals surface area contributed by atoms with E-state index in [4.69, 9.17) is 4.74 Å². The fourth-order valence-electron chi connectivity index (χ4n) is 3.34. The number of ether oxygens (including phenoxy) is 1. The summed E-state index contributed by atoms with van der Waals surface area (Å²) >= 11 is 0. The zero-order valence-corrected chi connectivity index (χ0v) is 20.4. The Morgan fingerprint density at radius 3 is 1.88 bits per heavy atom. The molecule has 144 valence electrons. The van der Waals surface area contributed by atoms with Crippen LogP contribution in [0.1, 0.15) is 26.2 Å². The molecule has 25 heavy (non-hydrogen) atoms. The fourth-order valence-corrected chi connectivity index (χ4v) is 8.34. The number of hydrogen-bond donors (Lipinski definition) is 0. The van der Waals surface area contributed by atoms with Gasteiger partial charge < -0.3 is 12.2 Å². The first-order valence-electron chi connectivity index (χ1n) is 8.86. The Bertz CT molecular complexity index is 564. The molecule has 0 unspecified atom stereocenters. The van der Waals surface area contributed by atoms with Crippen molar-refractivity contribution in [2.45, 2.75) is 71.1 Å². The Morgan fingerprint density at radius 1 is 0.920 bits per heavy atom. The first kappa shape index (κ1) is 24.7. The van der Waals surface area contributed by atoms with Gasteiger partial charge in [-0.25, -0.2) is 0 Å². The van der Waals surface area contributed by atoms with Gasteiger partial charge in [0.1, 0.15) is 13.7 Å². The summed E-state index contributed by atoms with van der Waals surface area (Å²) in [5, 5.41) is 2.99. The molecule has 2 radical (unpaired) electrons. The monoisotopic (exact) mass is 419 g/mol. The first-order valence-corrected chi connectivity index (χ1v) is 15.9. The van der Waals surface area contributed by atoms with E-state index >= 15 is 0 Å². The van der Waals surface area contributed by atoms with Crippen LogP contribution < -0.4 is 0 Å². The Hall–Kier alpha value is -0.300. The maximum absolute atomic E-state index is 6.61. The minimum Gasteiger partial charge on any atom is -0.493 e. The molecule has 0 saturated heterocycles. The molecule has 0 aromatic rings. The zero-order chi connectivity index (χ0) is 17.3. The van der Waals surface area contributed by atoms with Crippen LogP contribution in [0.5, 0.6) is 0 Å². The van der Waals surface area contributed by atoms with Crippen molar-refractivity contribution in [3.63, 3.8) is 0 Å². The van der Waals surface area contributed by atoms with Crippen LogP contribution in [0.3, 0.4) is 0 Å². The molecule has 0 N–H and O–H groups in total. The summed E-state index contributed by atoms with van der Waals surface area (Å²) in [7, 11) is -2.70. The topological polar surface area (TPSA) is 9.23 Å². The molecule has 1 heterocycles. The molecule has 0 aromatic carbocycles. The second kappa shape index (κ2) is 9.07. The van der Waals surface area contributed by atoms with Crippen molar-refractivity contribution in [2.75, 3.05) is 0 Å². The summed E-state index contributed by atoms with van der Waals surface area (Å²) in [6.07, 6.45) is 16.3. The summed E-state index contributed by atoms with van der Waals surface area (Å²) in [5.74, 6) is 0. The van der Waals surface area contributed by atoms with Crippen LogP contribution in [0.2, 0.25) is 39.3 Å². The Labute approximate surface area is 168 Å². The third-order valence-corrected chi connectivity index (χ3v) is 8.69. The van der Waals surface area contributed by atoms with Crippen LogP contribution in [-0.4, -0.2) is 21.7 Å². The smallest absolute Gasteiger partial charge is 0.126 e. The fraction of sp³-hybridized carbons (Fsp3) is 0.524. The van der Waals surface area contributed by atoms with Crippen molar-refractivity contribution in [2.24, 2.45) is 0 Å². The molecule has 0 spiro atoms. The largest absolute Gasteiger partial charge is 0.493 e. The Morgan fingerprint density at radius 2 is 1.48 bits per heavy atom. The number of rotatable bonds is 2. The van der Waals surface area contributed by atoms with E-state index in [1.165, 1.54) is 24.6 Å². The van der Waals surface area contributed by atoms with Crippen molar-refractivity contribution in [3.8, 4) is 0 Å². The molecule has 1 saturated carbocycles. The van der Waals surface area contributed by atoms with Gasteiger partial charge in [0, 0.05) is 23.2 Å². The molecule has 1 aliphatic heterocycles. The molecule has 1 atom stereocenters. The predicted octanol–water partition coefficient (Wildman–Crippen LogP) is 6.66. The predicted molar refractivity (Wildman–Crippen MR) is 114 cm³/mol. The third kappa shape index (κ3) is 6.12. The molecule has 4 heteroatoms.